The first kappa shape index (κ1) is 16.0. The monoisotopic (exact) mass is 324 g/mol. The summed E-state index contributed by atoms with van der Waals surface area (Å²) < 4.78 is 5.93. The molecule has 0 aliphatic rings. The number of ether oxygens (including phenoxy) is 1. The van der Waals surface area contributed by atoms with Crippen LogP contribution in [0.5, 0.6) is 11.5 Å². The van der Waals surface area contributed by atoms with E-state index in [-0.39, 0.29) is 5.91 Å². The number of hydrogen-bond donors (Lipinski definition) is 2. The van der Waals surface area contributed by atoms with Gasteiger partial charge in [-0.1, -0.05) is 12.1 Å². The Morgan fingerprint density at radius 1 is 1.25 bits per heavy atom. The molecule has 0 radical (unpaired) electrons. The van der Waals surface area contributed by atoms with Crippen LogP contribution in [0.2, 0.25) is 0 Å². The summed E-state index contributed by atoms with van der Waals surface area (Å²) in [6, 6.07) is 10.8. The smallest absolute Gasteiger partial charge is 0.239 e. The van der Waals surface area contributed by atoms with Crippen LogP contribution >= 0.6 is 0 Å². The molecule has 3 rings (SSSR count). The molecule has 0 aliphatic carbocycles. The highest BCUT2D eigenvalue weighted by molar-refractivity contribution is 5.82. The molecule has 6 nitrogen and oxygen atoms in total. The Morgan fingerprint density at radius 2 is 2.00 bits per heavy atom. The minimum atomic E-state index is -0.536. The molecule has 2 aromatic heterocycles. The van der Waals surface area contributed by atoms with E-state index in [1.54, 1.807) is 20.3 Å². The molecule has 124 valence electrons. The van der Waals surface area contributed by atoms with Crippen molar-refractivity contribution in [2.75, 3.05) is 14.1 Å². The second kappa shape index (κ2) is 6.72. The number of aromatic nitrogens is 2. The molecular weight excluding hydrogens is 304 g/mol. The van der Waals surface area contributed by atoms with Gasteiger partial charge >= 0.3 is 0 Å². The van der Waals surface area contributed by atoms with Crippen LogP contribution in [-0.4, -0.2) is 40.9 Å². The number of likely N-dealkylation sites (N-methyl/N-ethyl adjacent to an activating group) is 1. The van der Waals surface area contributed by atoms with Gasteiger partial charge in [0.2, 0.25) is 5.91 Å². The van der Waals surface area contributed by atoms with Gasteiger partial charge in [-0.05, 0) is 36.2 Å². The summed E-state index contributed by atoms with van der Waals surface area (Å²) in [4.78, 5) is 20.6. The van der Waals surface area contributed by atoms with Crippen molar-refractivity contribution in [1.29, 1.82) is 0 Å². The number of hydrogen-bond acceptors (Lipinski definition) is 4. The van der Waals surface area contributed by atoms with Crippen LogP contribution in [0.1, 0.15) is 5.56 Å². The molecule has 1 atom stereocenters. The number of H-pyrrole nitrogens is 1. The zero-order valence-corrected chi connectivity index (χ0v) is 13.7. The van der Waals surface area contributed by atoms with E-state index in [0.29, 0.717) is 6.42 Å². The molecule has 1 aromatic carbocycles. The molecule has 3 N–H and O–H groups in total. The molecule has 1 unspecified atom stereocenters. The van der Waals surface area contributed by atoms with Gasteiger partial charge < -0.3 is 20.4 Å². The molecular formula is C18H20N4O2. The predicted octanol–water partition coefficient (Wildman–Crippen LogP) is 2.31. The lowest BCUT2D eigenvalue weighted by Crippen LogP contribution is -2.41. The van der Waals surface area contributed by atoms with Gasteiger partial charge in [-0.25, -0.2) is 4.98 Å². The zero-order valence-electron chi connectivity index (χ0n) is 13.7. The average molecular weight is 324 g/mol. The lowest BCUT2D eigenvalue weighted by molar-refractivity contribution is -0.130. The largest absolute Gasteiger partial charge is 0.457 e. The minimum absolute atomic E-state index is 0.0815. The molecule has 0 saturated heterocycles. The summed E-state index contributed by atoms with van der Waals surface area (Å²) in [6.07, 6.45) is 4.03. The van der Waals surface area contributed by atoms with Gasteiger partial charge in [0, 0.05) is 26.5 Å². The maximum Gasteiger partial charge on any atom is 0.239 e. The van der Waals surface area contributed by atoms with Crippen LogP contribution < -0.4 is 10.5 Å². The van der Waals surface area contributed by atoms with Crippen molar-refractivity contribution in [3.8, 4) is 11.5 Å². The number of fused-ring (bicyclic) bond motifs is 1. The topological polar surface area (TPSA) is 84.2 Å². The predicted molar refractivity (Wildman–Crippen MR) is 93.0 cm³/mol. The number of benzene rings is 1. The molecule has 0 spiro atoms. The van der Waals surface area contributed by atoms with E-state index < -0.39 is 6.04 Å². The second-order valence-corrected chi connectivity index (χ2v) is 5.84. The quantitative estimate of drug-likeness (QED) is 0.754. The molecule has 2 heterocycles. The highest BCUT2D eigenvalue weighted by Crippen LogP contribution is 2.28. The number of nitrogens with one attached hydrogen (secondary N) is 1. The Hall–Kier alpha value is -2.86. The summed E-state index contributed by atoms with van der Waals surface area (Å²) >= 11 is 0. The summed E-state index contributed by atoms with van der Waals surface area (Å²) in [5.41, 5.74) is 7.71. The van der Waals surface area contributed by atoms with Crippen molar-refractivity contribution in [2.45, 2.75) is 12.5 Å². The normalized spacial score (nSPS) is 12.1. The van der Waals surface area contributed by atoms with Crippen LogP contribution in [0.25, 0.3) is 11.0 Å². The highest BCUT2D eigenvalue weighted by Gasteiger charge is 2.15. The first-order chi connectivity index (χ1) is 11.5. The fraction of sp³-hybridized carbons (Fsp3) is 0.222. The van der Waals surface area contributed by atoms with Crippen LogP contribution in [-0.2, 0) is 11.2 Å². The Morgan fingerprint density at radius 3 is 2.71 bits per heavy atom. The number of carbonyl (C=O) groups is 1. The van der Waals surface area contributed by atoms with E-state index in [9.17, 15) is 4.79 Å². The van der Waals surface area contributed by atoms with E-state index in [4.69, 9.17) is 10.5 Å². The lowest BCUT2D eigenvalue weighted by atomic mass is 10.1. The minimum Gasteiger partial charge on any atom is -0.457 e. The highest BCUT2D eigenvalue weighted by atomic mass is 16.5. The lowest BCUT2D eigenvalue weighted by Gasteiger charge is -2.16. The fourth-order valence-corrected chi connectivity index (χ4v) is 2.52. The van der Waals surface area contributed by atoms with E-state index in [0.717, 1.165) is 28.1 Å². The molecule has 3 aromatic rings. The maximum atomic E-state index is 11.8. The van der Waals surface area contributed by atoms with Crippen molar-refractivity contribution < 1.29 is 9.53 Å². The number of nitrogens with zero attached hydrogens (tertiary/aromatic N) is 2. The van der Waals surface area contributed by atoms with Gasteiger partial charge in [0.05, 0.1) is 11.4 Å². The number of nitrogens with two attached hydrogens (primary N) is 1. The molecule has 24 heavy (non-hydrogen) atoms. The van der Waals surface area contributed by atoms with Gasteiger partial charge in [0.15, 0.2) is 0 Å². The van der Waals surface area contributed by atoms with Crippen molar-refractivity contribution in [2.24, 2.45) is 5.73 Å². The first-order valence-electron chi connectivity index (χ1n) is 7.70. The van der Waals surface area contributed by atoms with Crippen LogP contribution in [0.3, 0.4) is 0 Å². The molecule has 0 aliphatic heterocycles. The number of rotatable bonds is 5. The molecule has 1 amide bonds. The van der Waals surface area contributed by atoms with Crippen LogP contribution in [0.4, 0.5) is 0 Å². The van der Waals surface area contributed by atoms with Gasteiger partial charge in [-0.15, -0.1) is 0 Å². The van der Waals surface area contributed by atoms with E-state index in [1.165, 1.54) is 4.90 Å². The summed E-state index contributed by atoms with van der Waals surface area (Å²) in [5.74, 6) is 1.38. The van der Waals surface area contributed by atoms with Crippen LogP contribution in [0, 0.1) is 0 Å². The second-order valence-electron chi connectivity index (χ2n) is 5.84. The van der Waals surface area contributed by atoms with Crippen LogP contribution in [0.15, 0.2) is 48.8 Å². The number of aromatic amines is 1. The SMILES string of the molecule is CN(C)C(=O)C(N)Cc1ccc(Oc2ccnc3[nH]ccc23)cc1. The van der Waals surface area contributed by atoms with Crippen molar-refractivity contribution in [3.63, 3.8) is 0 Å². The van der Waals surface area contributed by atoms with Crippen molar-refractivity contribution in [1.82, 2.24) is 14.9 Å². The molecule has 6 heteroatoms. The first-order valence-corrected chi connectivity index (χ1v) is 7.70. The van der Waals surface area contributed by atoms with Crippen molar-refractivity contribution in [3.05, 3.63) is 54.4 Å². The Balaban J connectivity index is 1.71. The van der Waals surface area contributed by atoms with E-state index in [2.05, 4.69) is 9.97 Å². The number of carbonyl (C=O) groups excluding carboxylic acids is 1. The Bertz CT molecular complexity index is 840. The standard InChI is InChI=1S/C18H20N4O2/c1-22(2)18(23)15(19)11-12-3-5-13(6-4-12)24-16-8-10-21-17-14(16)7-9-20-17/h3-10,15H,11,19H2,1-2H3,(H,20,21). The van der Waals surface area contributed by atoms with Gasteiger partial charge in [-0.3, -0.25) is 4.79 Å². The van der Waals surface area contributed by atoms with Gasteiger partial charge in [0.1, 0.15) is 17.1 Å². The third-order valence-electron chi connectivity index (χ3n) is 3.78. The Kier molecular flexibility index (Phi) is 4.48. The summed E-state index contributed by atoms with van der Waals surface area (Å²) in [5, 5.41) is 0.931. The van der Waals surface area contributed by atoms with Gasteiger partial charge in [-0.2, -0.15) is 0 Å². The van der Waals surface area contributed by atoms with E-state index in [1.807, 2.05) is 42.6 Å². The number of amides is 1. The van der Waals surface area contributed by atoms with Crippen molar-refractivity contribution >= 4 is 16.9 Å². The van der Waals surface area contributed by atoms with Gasteiger partial charge in [0.25, 0.3) is 0 Å². The summed E-state index contributed by atoms with van der Waals surface area (Å²) in [6.45, 7) is 0. The van der Waals surface area contributed by atoms with E-state index >= 15 is 0 Å². The summed E-state index contributed by atoms with van der Waals surface area (Å²) in [7, 11) is 3.41. The Labute approximate surface area is 140 Å². The zero-order chi connectivity index (χ0) is 17.1. The fourth-order valence-electron chi connectivity index (χ4n) is 2.52. The number of pyridine rings is 1. The molecule has 0 bridgehead atoms. The average Bonchev–Trinajstić information content (AvgIpc) is 3.05. The third-order valence-corrected chi connectivity index (χ3v) is 3.78. The molecule has 0 fully saturated rings. The maximum absolute atomic E-state index is 11.8. The molecule has 0 saturated carbocycles. The third kappa shape index (κ3) is 3.38.